The van der Waals surface area contributed by atoms with Crippen LogP contribution in [0, 0.1) is 0 Å². The third kappa shape index (κ3) is 7.41. The van der Waals surface area contributed by atoms with E-state index in [-0.39, 0.29) is 29.4 Å². The zero-order valence-electron chi connectivity index (χ0n) is 20.3. The fourth-order valence-electron chi connectivity index (χ4n) is 4.85. The van der Waals surface area contributed by atoms with Crippen LogP contribution in [0.4, 0.5) is 0 Å². The molecular formula is C27H39N3O2S. The average Bonchev–Trinajstić information content (AvgIpc) is 3.34. The molecule has 1 aromatic carbocycles. The van der Waals surface area contributed by atoms with Gasteiger partial charge in [-0.15, -0.1) is 11.3 Å². The molecule has 0 aliphatic heterocycles. The van der Waals surface area contributed by atoms with E-state index in [2.05, 4.69) is 59.3 Å². The Morgan fingerprint density at radius 1 is 1.06 bits per heavy atom. The highest BCUT2D eigenvalue weighted by molar-refractivity contribution is 7.10. The molecule has 2 amide bonds. The zero-order chi connectivity index (χ0) is 23.7. The van der Waals surface area contributed by atoms with Crippen LogP contribution in [0.2, 0.25) is 0 Å². The highest BCUT2D eigenvalue weighted by atomic mass is 32.1. The second-order valence-electron chi connectivity index (χ2n) is 9.59. The van der Waals surface area contributed by atoms with Crippen molar-refractivity contribution >= 4 is 23.2 Å². The lowest BCUT2D eigenvalue weighted by Gasteiger charge is -2.44. The fourth-order valence-corrected chi connectivity index (χ4v) is 5.92. The normalized spacial score (nSPS) is 21.5. The minimum absolute atomic E-state index is 0.0349. The van der Waals surface area contributed by atoms with Crippen LogP contribution in [-0.4, -0.2) is 42.9 Å². The van der Waals surface area contributed by atoms with Crippen LogP contribution in [0.5, 0.6) is 0 Å². The van der Waals surface area contributed by atoms with Gasteiger partial charge in [0.25, 0.3) is 0 Å². The zero-order valence-corrected chi connectivity index (χ0v) is 21.1. The number of nitrogens with zero attached hydrogens (tertiary/aromatic N) is 1. The summed E-state index contributed by atoms with van der Waals surface area (Å²) in [6.45, 7) is 2.04. The molecule has 1 aromatic heterocycles. The van der Waals surface area contributed by atoms with Gasteiger partial charge >= 0.3 is 0 Å². The van der Waals surface area contributed by atoms with Crippen molar-refractivity contribution in [3.05, 3.63) is 58.3 Å². The summed E-state index contributed by atoms with van der Waals surface area (Å²) in [5.41, 5.74) is 1.38. The first kappa shape index (κ1) is 25.4. The van der Waals surface area contributed by atoms with E-state index in [4.69, 9.17) is 0 Å². The molecule has 1 fully saturated rings. The van der Waals surface area contributed by atoms with Crippen LogP contribution in [-0.2, 0) is 21.5 Å². The topological polar surface area (TPSA) is 61.4 Å². The van der Waals surface area contributed by atoms with Crippen LogP contribution < -0.4 is 10.6 Å². The van der Waals surface area contributed by atoms with Crippen molar-refractivity contribution in [1.29, 1.82) is 0 Å². The van der Waals surface area contributed by atoms with Crippen molar-refractivity contribution in [3.8, 4) is 0 Å². The number of benzene rings is 1. The Morgan fingerprint density at radius 3 is 2.39 bits per heavy atom. The lowest BCUT2D eigenvalue weighted by molar-refractivity contribution is -0.123. The van der Waals surface area contributed by atoms with Crippen molar-refractivity contribution in [2.45, 2.75) is 82.3 Å². The van der Waals surface area contributed by atoms with Gasteiger partial charge in [-0.05, 0) is 83.0 Å². The van der Waals surface area contributed by atoms with E-state index in [0.717, 1.165) is 38.5 Å². The molecular weight excluding hydrogens is 430 g/mol. The van der Waals surface area contributed by atoms with E-state index in [9.17, 15) is 9.59 Å². The number of carbonyl (C=O) groups is 2. The average molecular weight is 470 g/mol. The van der Waals surface area contributed by atoms with Crippen molar-refractivity contribution in [3.63, 3.8) is 0 Å². The first-order valence-corrected chi connectivity index (χ1v) is 13.1. The van der Waals surface area contributed by atoms with E-state index in [1.165, 1.54) is 10.4 Å². The summed E-state index contributed by atoms with van der Waals surface area (Å²) in [5.74, 6) is 0.103. The molecule has 1 aliphatic carbocycles. The van der Waals surface area contributed by atoms with Crippen molar-refractivity contribution in [2.24, 2.45) is 0 Å². The Labute approximate surface area is 203 Å². The molecule has 1 unspecified atom stereocenters. The fraction of sp³-hybridized carbons (Fsp3) is 0.556. The summed E-state index contributed by atoms with van der Waals surface area (Å²) in [5, 5.41) is 8.42. The lowest BCUT2D eigenvalue weighted by atomic mass is 9.77. The summed E-state index contributed by atoms with van der Waals surface area (Å²) in [7, 11) is 4.32. The van der Waals surface area contributed by atoms with Gasteiger partial charge in [0.15, 0.2) is 0 Å². The molecule has 2 N–H and O–H groups in total. The second kappa shape index (κ2) is 12.3. The maximum Gasteiger partial charge on any atom is 0.220 e. The predicted molar refractivity (Wildman–Crippen MR) is 136 cm³/mol. The molecule has 5 nitrogen and oxygen atoms in total. The molecule has 2 aromatic rings. The van der Waals surface area contributed by atoms with E-state index < -0.39 is 0 Å². The molecule has 1 aliphatic rings. The van der Waals surface area contributed by atoms with Crippen LogP contribution in [0.3, 0.4) is 0 Å². The number of hydrogen-bond donors (Lipinski definition) is 2. The van der Waals surface area contributed by atoms with Gasteiger partial charge in [-0.1, -0.05) is 36.4 Å². The molecule has 1 atom stereocenters. The van der Waals surface area contributed by atoms with Crippen molar-refractivity contribution in [1.82, 2.24) is 15.5 Å². The largest absolute Gasteiger partial charge is 0.354 e. The van der Waals surface area contributed by atoms with Crippen LogP contribution in [0.1, 0.15) is 68.7 Å². The Morgan fingerprint density at radius 2 is 1.76 bits per heavy atom. The highest BCUT2D eigenvalue weighted by Gasteiger charge is 2.39. The van der Waals surface area contributed by atoms with E-state index >= 15 is 0 Å². The minimum Gasteiger partial charge on any atom is -0.354 e. The van der Waals surface area contributed by atoms with Crippen LogP contribution in [0.25, 0.3) is 0 Å². The summed E-state index contributed by atoms with van der Waals surface area (Å²) >= 11 is 1.82. The SMILES string of the molecule is CC(CCc1ccccc1)NC(=O)CCCC(=O)NC1CCC(c2cccs2)(N(C)C)CC1. The van der Waals surface area contributed by atoms with Crippen LogP contribution >= 0.6 is 11.3 Å². The first-order valence-electron chi connectivity index (χ1n) is 12.2. The van der Waals surface area contributed by atoms with Gasteiger partial charge in [0, 0.05) is 29.8 Å². The standard InChI is InChI=1S/C27H39N3O2S/c1-21(14-15-22-9-5-4-6-10-22)28-25(31)12-7-13-26(32)29-23-16-18-27(19-17-23,30(2)3)24-11-8-20-33-24/h4-6,8-11,20-21,23H,7,12-19H2,1-3H3,(H,28,31)(H,29,32). The quantitative estimate of drug-likeness (QED) is 0.493. The van der Waals surface area contributed by atoms with E-state index in [1.54, 1.807) is 0 Å². The number of thiophene rings is 1. The van der Waals surface area contributed by atoms with Crippen LogP contribution in [0.15, 0.2) is 47.8 Å². The number of nitrogens with one attached hydrogen (secondary N) is 2. The Kier molecular flexibility index (Phi) is 9.51. The van der Waals surface area contributed by atoms with Crippen molar-refractivity contribution < 1.29 is 9.59 Å². The number of rotatable bonds is 11. The minimum atomic E-state index is 0.0349. The molecule has 0 saturated heterocycles. The lowest BCUT2D eigenvalue weighted by Crippen LogP contribution is -2.48. The van der Waals surface area contributed by atoms with Gasteiger partial charge in [-0.2, -0.15) is 0 Å². The molecule has 0 spiro atoms. The summed E-state index contributed by atoms with van der Waals surface area (Å²) < 4.78 is 0. The molecule has 0 radical (unpaired) electrons. The smallest absolute Gasteiger partial charge is 0.220 e. The maximum absolute atomic E-state index is 12.4. The number of hydrogen-bond acceptors (Lipinski definition) is 4. The number of aryl methyl sites for hydroxylation is 1. The Hall–Kier alpha value is -2.18. The Balaban J connectivity index is 1.32. The third-order valence-corrected chi connectivity index (χ3v) is 8.00. The summed E-state index contributed by atoms with van der Waals surface area (Å²) in [4.78, 5) is 28.4. The van der Waals surface area contributed by atoms with Gasteiger partial charge in [0.05, 0.1) is 5.54 Å². The molecule has 180 valence electrons. The molecule has 33 heavy (non-hydrogen) atoms. The number of carbonyl (C=O) groups excluding carboxylic acids is 2. The van der Waals surface area contributed by atoms with Gasteiger partial charge in [-0.25, -0.2) is 0 Å². The second-order valence-corrected chi connectivity index (χ2v) is 10.5. The molecule has 6 heteroatoms. The first-order chi connectivity index (χ1) is 15.9. The predicted octanol–water partition coefficient (Wildman–Crippen LogP) is 4.87. The summed E-state index contributed by atoms with van der Waals surface area (Å²) in [6.07, 6.45) is 7.34. The van der Waals surface area contributed by atoms with Gasteiger partial charge in [0.2, 0.25) is 11.8 Å². The van der Waals surface area contributed by atoms with Crippen molar-refractivity contribution in [2.75, 3.05) is 14.1 Å². The molecule has 3 rings (SSSR count). The molecule has 1 heterocycles. The molecule has 0 bridgehead atoms. The monoisotopic (exact) mass is 469 g/mol. The Bertz CT molecular complexity index is 859. The maximum atomic E-state index is 12.4. The third-order valence-electron chi connectivity index (χ3n) is 6.94. The number of amides is 2. The highest BCUT2D eigenvalue weighted by Crippen LogP contribution is 2.42. The van der Waals surface area contributed by atoms with Gasteiger partial charge < -0.3 is 10.6 Å². The van der Waals surface area contributed by atoms with E-state index in [0.29, 0.717) is 19.3 Å². The van der Waals surface area contributed by atoms with Gasteiger partial charge in [-0.3, -0.25) is 14.5 Å². The summed E-state index contributed by atoms with van der Waals surface area (Å²) in [6, 6.07) is 15.0. The van der Waals surface area contributed by atoms with Gasteiger partial charge in [0.1, 0.15) is 0 Å². The van der Waals surface area contributed by atoms with E-state index in [1.807, 2.05) is 36.5 Å². The molecule has 1 saturated carbocycles.